The van der Waals surface area contributed by atoms with Crippen LogP contribution >= 0.6 is 11.9 Å². The Morgan fingerprint density at radius 1 is 1.13 bits per heavy atom. The van der Waals surface area contributed by atoms with Crippen molar-refractivity contribution < 1.29 is 9.53 Å². The summed E-state index contributed by atoms with van der Waals surface area (Å²) in [5, 5.41) is 0. The molecule has 164 valence electrons. The Bertz CT molecular complexity index is 846. The molecule has 0 radical (unpaired) electrons. The average Bonchev–Trinajstić information content (AvgIpc) is 2.81. The number of carbonyl (C=O) groups is 1. The molecule has 0 bridgehead atoms. The Morgan fingerprint density at radius 3 is 2.37 bits per heavy atom. The number of nitrogens with zero attached hydrogens (tertiary/aromatic N) is 4. The Morgan fingerprint density at radius 2 is 1.80 bits per heavy atom. The number of hydrogen-bond donors (Lipinski definition) is 0. The summed E-state index contributed by atoms with van der Waals surface area (Å²) in [6, 6.07) is 7.68. The first kappa shape index (κ1) is 24.0. The second-order valence-corrected chi connectivity index (χ2v) is 7.52. The van der Waals surface area contributed by atoms with Crippen molar-refractivity contribution in [2.24, 2.45) is 0 Å². The van der Waals surface area contributed by atoms with Gasteiger partial charge in [-0.05, 0) is 30.4 Å². The van der Waals surface area contributed by atoms with Gasteiger partial charge in [-0.3, -0.25) is 4.79 Å². The summed E-state index contributed by atoms with van der Waals surface area (Å²) in [4.78, 5) is 30.6. The van der Waals surface area contributed by atoms with E-state index in [1.54, 1.807) is 29.8 Å². The van der Waals surface area contributed by atoms with E-state index in [2.05, 4.69) is 20.4 Å². The zero-order valence-corrected chi connectivity index (χ0v) is 19.2. The maximum Gasteiger partial charge on any atom is 0.293 e. The zero-order valence-electron chi connectivity index (χ0n) is 18.3. The molecular formula is C22H32N4O3S. The molecule has 1 saturated heterocycles. The van der Waals surface area contributed by atoms with Crippen molar-refractivity contribution in [1.82, 2.24) is 13.9 Å². The molecule has 0 unspecified atom stereocenters. The number of aromatic nitrogens is 2. The number of hydrogen-bond acceptors (Lipinski definition) is 7. The van der Waals surface area contributed by atoms with Crippen LogP contribution in [0.2, 0.25) is 0 Å². The lowest BCUT2D eigenvalue weighted by atomic mass is 10.2. The Labute approximate surface area is 183 Å². The third-order valence-corrected chi connectivity index (χ3v) is 5.71. The van der Waals surface area contributed by atoms with Gasteiger partial charge in [0, 0.05) is 38.8 Å². The van der Waals surface area contributed by atoms with Gasteiger partial charge in [-0.1, -0.05) is 37.9 Å². The minimum Gasteiger partial charge on any atom is -0.497 e. The van der Waals surface area contributed by atoms with Crippen molar-refractivity contribution in [2.45, 2.75) is 33.2 Å². The average molecular weight is 433 g/mol. The molecule has 0 amide bonds. The zero-order chi connectivity index (χ0) is 21.9. The minimum absolute atomic E-state index is 0.0942. The summed E-state index contributed by atoms with van der Waals surface area (Å²) < 4.78 is 9.18. The summed E-state index contributed by atoms with van der Waals surface area (Å²) in [6.45, 7) is 7.77. The first-order valence-electron chi connectivity index (χ1n) is 10.4. The molecule has 0 N–H and O–H groups in total. The predicted octanol–water partition coefficient (Wildman–Crippen LogP) is 2.86. The van der Waals surface area contributed by atoms with Crippen molar-refractivity contribution in [3.8, 4) is 5.75 Å². The van der Waals surface area contributed by atoms with Gasteiger partial charge in [0.25, 0.3) is 5.56 Å². The van der Waals surface area contributed by atoms with Gasteiger partial charge in [0.1, 0.15) is 12.0 Å². The van der Waals surface area contributed by atoms with E-state index in [4.69, 9.17) is 4.74 Å². The van der Waals surface area contributed by atoms with Crippen molar-refractivity contribution in [2.75, 3.05) is 44.4 Å². The first-order valence-corrected chi connectivity index (χ1v) is 11.5. The van der Waals surface area contributed by atoms with Crippen LogP contribution in [0, 0.1) is 0 Å². The fourth-order valence-corrected chi connectivity index (χ4v) is 3.77. The highest BCUT2D eigenvalue weighted by Gasteiger charge is 2.21. The fraction of sp³-hybridized carbons (Fsp3) is 0.500. The van der Waals surface area contributed by atoms with Gasteiger partial charge in [0.15, 0.2) is 5.82 Å². The topological polar surface area (TPSA) is 67.7 Å². The number of carbonyl (C=O) groups excluding carboxylic acids is 1. The largest absolute Gasteiger partial charge is 0.497 e. The van der Waals surface area contributed by atoms with Crippen LogP contribution in [0.4, 0.5) is 5.82 Å². The van der Waals surface area contributed by atoms with Crippen LogP contribution in [-0.2, 0) is 17.8 Å². The van der Waals surface area contributed by atoms with Crippen LogP contribution in [0.3, 0.4) is 0 Å². The van der Waals surface area contributed by atoms with Gasteiger partial charge >= 0.3 is 0 Å². The van der Waals surface area contributed by atoms with E-state index in [0.29, 0.717) is 25.2 Å². The molecule has 1 aliphatic rings. The third kappa shape index (κ3) is 6.34. The summed E-state index contributed by atoms with van der Waals surface area (Å²) >= 11 is 1.72. The van der Waals surface area contributed by atoms with Crippen molar-refractivity contribution in [3.63, 3.8) is 0 Å². The molecule has 3 rings (SSSR count). The standard InChI is InChI=1S/C20H26N4O3S.C2H6/c1-27-18-7-5-16(6-8-18)14-23-15-17(4-3-13-25)21-19(20(23)26)22-9-11-24(28-2)12-10-22;1-2/h5-8,13,15H,3-4,9-12,14H2,1-2H3;1-2H3. The van der Waals surface area contributed by atoms with E-state index in [-0.39, 0.29) is 5.56 Å². The van der Waals surface area contributed by atoms with E-state index in [1.807, 2.05) is 38.1 Å². The molecule has 0 aliphatic carbocycles. The van der Waals surface area contributed by atoms with Crippen LogP contribution < -0.4 is 15.2 Å². The van der Waals surface area contributed by atoms with Crippen LogP contribution in [0.15, 0.2) is 35.3 Å². The monoisotopic (exact) mass is 432 g/mol. The lowest BCUT2D eigenvalue weighted by molar-refractivity contribution is -0.107. The van der Waals surface area contributed by atoms with Crippen molar-refractivity contribution in [3.05, 3.63) is 52.1 Å². The summed E-state index contributed by atoms with van der Waals surface area (Å²) in [5.74, 6) is 1.27. The number of anilines is 1. The van der Waals surface area contributed by atoms with E-state index >= 15 is 0 Å². The summed E-state index contributed by atoms with van der Waals surface area (Å²) in [6.07, 6.45) is 5.66. The third-order valence-electron chi connectivity index (χ3n) is 4.83. The Hall–Kier alpha value is -2.32. The number of methoxy groups -OCH3 is 1. The molecule has 2 aromatic rings. The van der Waals surface area contributed by atoms with Gasteiger partial charge in [0.05, 0.1) is 19.3 Å². The van der Waals surface area contributed by atoms with Crippen LogP contribution in [0.5, 0.6) is 5.75 Å². The molecule has 0 spiro atoms. The molecular weight excluding hydrogens is 400 g/mol. The molecule has 2 heterocycles. The second-order valence-electron chi connectivity index (χ2n) is 6.64. The van der Waals surface area contributed by atoms with Gasteiger partial charge < -0.3 is 19.0 Å². The Balaban J connectivity index is 0.00000155. The SMILES string of the molecule is CC.COc1ccc(Cn2cc(CCC=O)nc(N3CCN(SC)CC3)c2=O)cc1. The number of rotatable bonds is 8. The minimum atomic E-state index is -0.0942. The normalized spacial score (nSPS) is 14.1. The van der Waals surface area contributed by atoms with Gasteiger partial charge in [-0.2, -0.15) is 0 Å². The molecule has 1 aliphatic heterocycles. The van der Waals surface area contributed by atoms with Crippen LogP contribution in [-0.4, -0.2) is 59.7 Å². The number of ether oxygens (including phenoxy) is 1. The number of benzene rings is 1. The maximum absolute atomic E-state index is 13.1. The fourth-order valence-electron chi connectivity index (χ4n) is 3.24. The lowest BCUT2D eigenvalue weighted by Crippen LogP contribution is -2.46. The number of aldehydes is 1. The summed E-state index contributed by atoms with van der Waals surface area (Å²) in [7, 11) is 1.63. The quantitative estimate of drug-likeness (QED) is 0.469. The van der Waals surface area contributed by atoms with Gasteiger partial charge in [-0.15, -0.1) is 0 Å². The molecule has 8 heteroatoms. The smallest absolute Gasteiger partial charge is 0.293 e. The van der Waals surface area contributed by atoms with Gasteiger partial charge in [0.2, 0.25) is 0 Å². The molecule has 1 aromatic heterocycles. The predicted molar refractivity (Wildman–Crippen MR) is 124 cm³/mol. The summed E-state index contributed by atoms with van der Waals surface area (Å²) in [5.41, 5.74) is 1.68. The maximum atomic E-state index is 13.1. The van der Waals surface area contributed by atoms with Crippen LogP contribution in [0.1, 0.15) is 31.5 Å². The van der Waals surface area contributed by atoms with E-state index < -0.39 is 0 Å². The highest BCUT2D eigenvalue weighted by atomic mass is 32.2. The number of piperazine rings is 1. The molecule has 1 fully saturated rings. The van der Waals surface area contributed by atoms with E-state index in [0.717, 1.165) is 49.5 Å². The van der Waals surface area contributed by atoms with E-state index in [9.17, 15) is 9.59 Å². The molecule has 7 nitrogen and oxygen atoms in total. The number of aryl methyl sites for hydroxylation is 1. The molecule has 30 heavy (non-hydrogen) atoms. The Kier molecular flexibility index (Phi) is 9.89. The van der Waals surface area contributed by atoms with Gasteiger partial charge in [-0.25, -0.2) is 9.29 Å². The van der Waals surface area contributed by atoms with Crippen LogP contribution in [0.25, 0.3) is 0 Å². The lowest BCUT2D eigenvalue weighted by Gasteiger charge is -2.33. The molecule has 0 saturated carbocycles. The highest BCUT2D eigenvalue weighted by molar-refractivity contribution is 7.96. The molecule has 1 aromatic carbocycles. The van der Waals surface area contributed by atoms with E-state index in [1.165, 1.54) is 0 Å². The second kappa shape index (κ2) is 12.4. The van der Waals surface area contributed by atoms with Crippen molar-refractivity contribution in [1.29, 1.82) is 0 Å². The van der Waals surface area contributed by atoms with Crippen molar-refractivity contribution >= 4 is 24.1 Å². The molecule has 0 atom stereocenters. The first-order chi connectivity index (χ1) is 14.6. The highest BCUT2D eigenvalue weighted by Crippen LogP contribution is 2.16.